The molecule has 2 aliphatic heterocycles. The first-order chi connectivity index (χ1) is 18.9. The van der Waals surface area contributed by atoms with Crippen molar-refractivity contribution >= 4 is 80.1 Å². The zero-order chi connectivity index (χ0) is 28.9. The van der Waals surface area contributed by atoms with Gasteiger partial charge in [0.25, 0.3) is 0 Å². The third-order valence-corrected chi connectivity index (χ3v) is 11.0. The summed E-state index contributed by atoms with van der Waals surface area (Å²) < 4.78 is 3.92. The van der Waals surface area contributed by atoms with Gasteiger partial charge in [0.15, 0.2) is 0 Å². The van der Waals surface area contributed by atoms with Gasteiger partial charge in [-0.05, 0) is 68.0 Å². The molecule has 1 saturated carbocycles. The van der Waals surface area contributed by atoms with E-state index in [1.165, 1.54) is 0 Å². The molecule has 0 aromatic heterocycles. The van der Waals surface area contributed by atoms with Crippen LogP contribution in [0.3, 0.4) is 0 Å². The van der Waals surface area contributed by atoms with Crippen LogP contribution in [0.1, 0.15) is 20.8 Å². The van der Waals surface area contributed by atoms with E-state index in [4.69, 9.17) is 27.9 Å². The Hall–Kier alpha value is -3.01. The van der Waals surface area contributed by atoms with Crippen molar-refractivity contribution in [3.8, 4) is 0 Å². The van der Waals surface area contributed by atoms with E-state index in [1.54, 1.807) is 69.3 Å². The number of carbonyl (C=O) groups is 5. The van der Waals surface area contributed by atoms with Crippen LogP contribution in [0.15, 0.2) is 59.7 Å². The predicted molar refractivity (Wildman–Crippen MR) is 151 cm³/mol. The van der Waals surface area contributed by atoms with E-state index in [1.807, 2.05) is 0 Å². The van der Waals surface area contributed by atoms with E-state index in [0.717, 1.165) is 9.80 Å². The van der Waals surface area contributed by atoms with Crippen LogP contribution < -0.4 is 9.80 Å². The standard InChI is InChI=1S/C29H23BrCl2N2O6/c1-4-40-27(39)18-13(2)29(30)21-19(23(35)33(25(21)37)16-9-5-14(31)6-10-16)28(18,3)20-22(29)26(38)34(24(20)36)17-11-7-15(32)8-12-17/h5-12,19-22H,4H2,1-3H3/t19-,20+,21-,22+,28?,29?. The molecule has 0 N–H and O–H groups in total. The van der Waals surface area contributed by atoms with Crippen molar-refractivity contribution in [2.75, 3.05) is 16.4 Å². The largest absolute Gasteiger partial charge is 0.463 e. The molecule has 2 saturated heterocycles. The number of imide groups is 2. The molecule has 3 aliphatic carbocycles. The number of hydrogen-bond acceptors (Lipinski definition) is 6. The van der Waals surface area contributed by atoms with Crippen molar-refractivity contribution < 1.29 is 28.7 Å². The van der Waals surface area contributed by atoms with Crippen LogP contribution in [0.5, 0.6) is 0 Å². The maximum absolute atomic E-state index is 14.2. The zero-order valence-corrected chi connectivity index (χ0v) is 24.7. The van der Waals surface area contributed by atoms with Gasteiger partial charge in [-0.25, -0.2) is 14.6 Å². The number of ether oxygens (including phenoxy) is 1. The molecule has 2 heterocycles. The molecule has 206 valence electrons. The minimum absolute atomic E-state index is 0.0662. The highest BCUT2D eigenvalue weighted by molar-refractivity contribution is 9.10. The Morgan fingerprint density at radius 1 is 0.800 bits per heavy atom. The molecule has 2 bridgehead atoms. The van der Waals surface area contributed by atoms with Crippen LogP contribution >= 0.6 is 39.1 Å². The first-order valence-corrected chi connectivity index (χ1v) is 14.3. The molecular weight excluding hydrogens is 623 g/mol. The Bertz CT molecular complexity index is 1460. The van der Waals surface area contributed by atoms with Gasteiger partial charge in [0, 0.05) is 21.0 Å². The fourth-order valence-electron chi connectivity index (χ4n) is 7.42. The van der Waals surface area contributed by atoms with Gasteiger partial charge in [-0.15, -0.1) is 0 Å². The number of anilines is 2. The van der Waals surface area contributed by atoms with Crippen LogP contribution in [-0.4, -0.2) is 40.5 Å². The highest BCUT2D eigenvalue weighted by Gasteiger charge is 2.81. The third-order valence-electron chi connectivity index (χ3n) is 8.95. The monoisotopic (exact) mass is 644 g/mol. The first-order valence-electron chi connectivity index (χ1n) is 12.7. The second-order valence-corrected chi connectivity index (χ2v) is 12.8. The van der Waals surface area contributed by atoms with E-state index in [0.29, 0.717) is 27.0 Å². The lowest BCUT2D eigenvalue weighted by Crippen LogP contribution is -2.67. The van der Waals surface area contributed by atoms with Gasteiger partial charge in [0.2, 0.25) is 23.6 Å². The van der Waals surface area contributed by atoms with E-state index in [2.05, 4.69) is 15.9 Å². The summed E-state index contributed by atoms with van der Waals surface area (Å²) in [6.07, 6.45) is 0. The van der Waals surface area contributed by atoms with Crippen molar-refractivity contribution in [2.45, 2.75) is 25.1 Å². The number of rotatable bonds is 4. The molecule has 0 radical (unpaired) electrons. The van der Waals surface area contributed by atoms with Crippen LogP contribution in [0.4, 0.5) is 11.4 Å². The number of hydrogen-bond donors (Lipinski definition) is 0. The maximum atomic E-state index is 14.2. The molecule has 11 heteroatoms. The molecule has 7 rings (SSSR count). The molecule has 2 aromatic rings. The van der Waals surface area contributed by atoms with Crippen molar-refractivity contribution in [1.29, 1.82) is 0 Å². The Morgan fingerprint density at radius 2 is 1.18 bits per heavy atom. The van der Waals surface area contributed by atoms with Crippen LogP contribution in [-0.2, 0) is 28.7 Å². The van der Waals surface area contributed by atoms with Gasteiger partial charge >= 0.3 is 5.97 Å². The number of carbonyl (C=O) groups excluding carboxylic acids is 5. The summed E-state index contributed by atoms with van der Waals surface area (Å²) in [7, 11) is 0. The summed E-state index contributed by atoms with van der Waals surface area (Å²) in [4.78, 5) is 72.5. The van der Waals surface area contributed by atoms with E-state index in [-0.39, 0.29) is 12.2 Å². The van der Waals surface area contributed by atoms with Crippen LogP contribution in [0.25, 0.3) is 0 Å². The normalized spacial score (nSPS) is 32.6. The van der Waals surface area contributed by atoms with Gasteiger partial charge in [-0.2, -0.15) is 0 Å². The third kappa shape index (κ3) is 3.22. The molecule has 3 fully saturated rings. The van der Waals surface area contributed by atoms with Gasteiger partial charge in [0.05, 0.1) is 46.0 Å². The molecule has 8 nitrogen and oxygen atoms in total. The minimum Gasteiger partial charge on any atom is -0.463 e. The number of halogens is 3. The molecule has 2 aromatic carbocycles. The lowest BCUT2D eigenvalue weighted by atomic mass is 9.43. The van der Waals surface area contributed by atoms with Crippen molar-refractivity contribution in [3.05, 3.63) is 69.7 Å². The first kappa shape index (κ1) is 27.2. The highest BCUT2D eigenvalue weighted by atomic mass is 79.9. The quantitative estimate of drug-likeness (QED) is 0.265. The summed E-state index contributed by atoms with van der Waals surface area (Å²) in [5.41, 5.74) is -0.327. The van der Waals surface area contributed by atoms with Gasteiger partial charge in [-0.1, -0.05) is 46.1 Å². The smallest absolute Gasteiger partial charge is 0.334 e. The number of allylic oxidation sites excluding steroid dienone is 1. The summed E-state index contributed by atoms with van der Waals surface area (Å²) in [5.74, 6) is -7.16. The Morgan fingerprint density at radius 3 is 1.55 bits per heavy atom. The zero-order valence-electron chi connectivity index (χ0n) is 21.6. The van der Waals surface area contributed by atoms with E-state index in [9.17, 15) is 24.0 Å². The Balaban J connectivity index is 1.58. The second kappa shape index (κ2) is 8.99. The molecule has 2 unspecified atom stereocenters. The second-order valence-electron chi connectivity index (χ2n) is 10.7. The van der Waals surface area contributed by atoms with Gasteiger partial charge in [-0.3, -0.25) is 19.2 Å². The number of nitrogens with zero attached hydrogens (tertiary/aromatic N) is 2. The summed E-state index contributed by atoms with van der Waals surface area (Å²) in [6, 6.07) is 12.5. The number of amides is 4. The number of benzene rings is 2. The lowest BCUT2D eigenvalue weighted by Gasteiger charge is -2.59. The average molecular weight is 646 g/mol. The highest BCUT2D eigenvalue weighted by Crippen LogP contribution is 2.72. The minimum atomic E-state index is -1.51. The number of esters is 1. The molecule has 6 atom stereocenters. The predicted octanol–water partition coefficient (Wildman–Crippen LogP) is 4.95. The van der Waals surface area contributed by atoms with Gasteiger partial charge < -0.3 is 4.74 Å². The molecular formula is C29H23BrCl2N2O6. The Kier molecular flexibility index (Phi) is 6.11. The number of alkyl halides is 1. The van der Waals surface area contributed by atoms with Crippen molar-refractivity contribution in [3.63, 3.8) is 0 Å². The van der Waals surface area contributed by atoms with Crippen molar-refractivity contribution in [1.82, 2.24) is 0 Å². The van der Waals surface area contributed by atoms with Crippen LogP contribution in [0, 0.1) is 29.1 Å². The topological polar surface area (TPSA) is 101 Å². The molecule has 4 amide bonds. The lowest BCUT2D eigenvalue weighted by molar-refractivity contribution is -0.152. The Labute approximate surface area is 248 Å². The van der Waals surface area contributed by atoms with E-state index >= 15 is 0 Å². The summed E-state index contributed by atoms with van der Waals surface area (Å²) in [5, 5.41) is 0.860. The summed E-state index contributed by atoms with van der Waals surface area (Å²) in [6.45, 7) is 5.02. The van der Waals surface area contributed by atoms with Gasteiger partial charge in [0.1, 0.15) is 0 Å². The molecule has 40 heavy (non-hydrogen) atoms. The average Bonchev–Trinajstić information content (AvgIpc) is 3.34. The fraction of sp³-hybridized carbons (Fsp3) is 0.345. The molecule has 0 spiro atoms. The molecule has 5 aliphatic rings. The van der Waals surface area contributed by atoms with Crippen LogP contribution in [0.2, 0.25) is 10.0 Å². The SMILES string of the molecule is CCOC(=O)C1=C(C)C2(Br)[C@@H]3C(=O)N(c4ccc(Cl)cc4)C(=O)[C@H]3C1(C)[C@H]1C(=O)N(c3ccc(Cl)cc3)C(=O)[C@@H]12. The van der Waals surface area contributed by atoms with E-state index < -0.39 is 63.0 Å². The fourth-order valence-corrected chi connectivity index (χ4v) is 8.79. The maximum Gasteiger partial charge on any atom is 0.334 e. The summed E-state index contributed by atoms with van der Waals surface area (Å²) >= 11 is 15.8. The van der Waals surface area contributed by atoms with Crippen molar-refractivity contribution in [2.24, 2.45) is 29.1 Å².